The van der Waals surface area contributed by atoms with E-state index in [1.807, 2.05) is 0 Å². The predicted octanol–water partition coefficient (Wildman–Crippen LogP) is 6.43. The molecule has 2 atom stereocenters. The van der Waals surface area contributed by atoms with Gasteiger partial charge in [-0.1, -0.05) is 28.8 Å². The fraction of sp³-hybridized carbons (Fsp3) is 0.500. The molecule has 0 aliphatic heterocycles. The lowest BCUT2D eigenvalue weighted by molar-refractivity contribution is -0.144. The number of aliphatic carboxylic acids is 1. The molecule has 4 aromatic rings. The van der Waals surface area contributed by atoms with Gasteiger partial charge in [-0.2, -0.15) is 36.5 Å². The normalized spacial score (nSPS) is 18.5. The molecule has 2 fully saturated rings. The van der Waals surface area contributed by atoms with E-state index in [1.54, 1.807) is 6.92 Å². The molecule has 360 valence electrons. The van der Waals surface area contributed by atoms with E-state index >= 15 is 0 Å². The maximum absolute atomic E-state index is 13.3. The summed E-state index contributed by atoms with van der Waals surface area (Å²) in [6.07, 6.45) is 0.319. The van der Waals surface area contributed by atoms with Crippen molar-refractivity contribution in [2.24, 2.45) is 0 Å². The number of alkyl halides is 6. The standard InChI is InChI=1S/C19H20F3N3O4S.C18H19BrF3N3O4S.C3H7BO2/c20-19(21,22)13-6-12(11-4-5-11)7-14(8-13)30(28,29)24-16-2-1-3-17-15(16)9-23-25(17)10-18(26)27;1-2-29-17(26)10-25-16-5-3-4-15(14(16)9-23-25)24-30(27,28)13-7-11(18(20,21)22)6-12(19)8-13;5-4(6)3-1-2-3/h6-9,11,16,24H,1-5,10H2,(H,26,27);6-9,15,24H,2-5,10H2,1H3;3,5-6H,1-2H2. The molecule has 0 radical (unpaired) electrons. The molecule has 4 aliphatic carbocycles. The number of benzene rings is 2. The SMILES string of the molecule is CCOC(=O)Cn1ncc2c1CCCC2NS(=O)(=O)c1cc(Br)cc(C(F)(F)F)c1.O=C(O)Cn1ncc2c1CCCC2NS(=O)(=O)c1cc(C2CC2)cc(C(F)(F)F)c1.OB(O)C1CC1. The molecule has 8 rings (SSSR count). The number of hydrogen-bond acceptors (Lipinski definition) is 11. The van der Waals surface area contributed by atoms with E-state index in [-0.39, 0.29) is 35.9 Å². The number of aromatic nitrogens is 4. The largest absolute Gasteiger partial charge is 0.480 e. The zero-order valence-corrected chi connectivity index (χ0v) is 38.4. The van der Waals surface area contributed by atoms with E-state index < -0.39 is 84.5 Å². The summed E-state index contributed by atoms with van der Waals surface area (Å²) >= 11 is 2.94. The Morgan fingerprint density at radius 1 is 0.758 bits per heavy atom. The number of ether oxygens (including phenoxy) is 1. The van der Waals surface area contributed by atoms with E-state index in [2.05, 4.69) is 35.6 Å². The Balaban J connectivity index is 0.000000193. The molecule has 0 saturated heterocycles. The maximum atomic E-state index is 13.3. The highest BCUT2D eigenvalue weighted by molar-refractivity contribution is 9.10. The van der Waals surface area contributed by atoms with E-state index in [0.29, 0.717) is 78.7 Å². The molecule has 0 amide bonds. The zero-order chi connectivity index (χ0) is 48.4. The first-order chi connectivity index (χ1) is 30.9. The summed E-state index contributed by atoms with van der Waals surface area (Å²) in [4.78, 5) is 21.8. The molecule has 66 heavy (non-hydrogen) atoms. The number of esters is 1. The van der Waals surface area contributed by atoms with Gasteiger partial charge in [-0.25, -0.2) is 26.3 Å². The van der Waals surface area contributed by atoms with Crippen LogP contribution >= 0.6 is 15.9 Å². The van der Waals surface area contributed by atoms with Crippen molar-refractivity contribution in [1.29, 1.82) is 0 Å². The first kappa shape index (κ1) is 51.1. The van der Waals surface area contributed by atoms with Crippen molar-refractivity contribution >= 4 is 55.0 Å². The summed E-state index contributed by atoms with van der Waals surface area (Å²) in [7, 11) is -9.51. The Labute approximate surface area is 384 Å². The minimum atomic E-state index is -4.68. The van der Waals surface area contributed by atoms with Crippen molar-refractivity contribution in [3.63, 3.8) is 0 Å². The number of nitrogens with one attached hydrogen (secondary N) is 2. The van der Waals surface area contributed by atoms with Gasteiger partial charge in [0.2, 0.25) is 20.0 Å². The molecule has 2 unspecified atom stereocenters. The van der Waals surface area contributed by atoms with Gasteiger partial charge in [0.05, 0.1) is 52.0 Å². The van der Waals surface area contributed by atoms with Crippen LogP contribution in [0, 0.1) is 0 Å². The Morgan fingerprint density at radius 3 is 1.67 bits per heavy atom. The van der Waals surface area contributed by atoms with Gasteiger partial charge < -0.3 is 19.9 Å². The Kier molecular flexibility index (Phi) is 15.9. The van der Waals surface area contributed by atoms with E-state index in [4.69, 9.17) is 19.9 Å². The van der Waals surface area contributed by atoms with Crippen LogP contribution < -0.4 is 9.44 Å². The molecule has 2 heterocycles. The molecule has 4 aliphatic rings. The number of nitrogens with zero attached hydrogens (tertiary/aromatic N) is 4. The van der Waals surface area contributed by atoms with Crippen molar-refractivity contribution in [3.05, 3.63) is 92.5 Å². The number of carbonyl (C=O) groups excluding carboxylic acids is 1. The predicted molar refractivity (Wildman–Crippen MR) is 226 cm³/mol. The van der Waals surface area contributed by atoms with Crippen LogP contribution in [0.15, 0.2) is 63.1 Å². The van der Waals surface area contributed by atoms with Crippen LogP contribution in [-0.4, -0.2) is 77.2 Å². The molecule has 2 aromatic heterocycles. The average Bonchev–Trinajstić information content (AvgIpc) is 4.17. The van der Waals surface area contributed by atoms with E-state index in [1.165, 1.54) is 27.8 Å². The fourth-order valence-corrected chi connectivity index (χ4v) is 10.9. The Bertz CT molecular complexity index is 2640. The highest BCUT2D eigenvalue weighted by Crippen LogP contribution is 2.44. The number of carboxylic acid groups (broad SMARTS) is 1. The average molecular weight is 1040 g/mol. The van der Waals surface area contributed by atoms with Gasteiger partial charge in [-0.05, 0) is 112 Å². The first-order valence-electron chi connectivity index (χ1n) is 20.8. The third-order valence-corrected chi connectivity index (χ3v) is 14.5. The van der Waals surface area contributed by atoms with Crippen LogP contribution in [0.4, 0.5) is 26.3 Å². The molecule has 5 N–H and O–H groups in total. The van der Waals surface area contributed by atoms with Gasteiger partial charge >= 0.3 is 31.4 Å². The van der Waals surface area contributed by atoms with E-state index in [0.717, 1.165) is 43.9 Å². The van der Waals surface area contributed by atoms with Crippen molar-refractivity contribution < 1.29 is 72.7 Å². The third kappa shape index (κ3) is 13.2. The van der Waals surface area contributed by atoms with Crippen LogP contribution in [0.5, 0.6) is 0 Å². The molecule has 2 aromatic carbocycles. The summed E-state index contributed by atoms with van der Waals surface area (Å²) in [6.45, 7) is 1.49. The molecular weight excluding hydrogens is 993 g/mol. The molecular formula is C40H46BBrF6N6O10S2. The number of fused-ring (bicyclic) bond motifs is 2. The number of hydrogen-bond donors (Lipinski definition) is 5. The van der Waals surface area contributed by atoms with Gasteiger partial charge in [0, 0.05) is 27.0 Å². The number of carboxylic acids is 1. The topological polar surface area (TPSA) is 232 Å². The third-order valence-electron chi connectivity index (χ3n) is 11.2. The molecule has 26 heteroatoms. The number of carbonyl (C=O) groups is 2. The van der Waals surface area contributed by atoms with Crippen molar-refractivity contribution in [3.8, 4) is 0 Å². The van der Waals surface area contributed by atoms with Crippen LogP contribution in [0.1, 0.15) is 115 Å². The Hall–Kier alpha value is -4.34. The van der Waals surface area contributed by atoms with Gasteiger partial charge in [0.25, 0.3) is 0 Å². The highest BCUT2D eigenvalue weighted by Gasteiger charge is 2.38. The second-order valence-corrected chi connectivity index (χ2v) is 20.6. The number of rotatable bonds is 13. The molecule has 2 saturated carbocycles. The molecule has 0 spiro atoms. The highest BCUT2D eigenvalue weighted by atomic mass is 79.9. The van der Waals surface area contributed by atoms with Crippen LogP contribution in [0.2, 0.25) is 5.82 Å². The summed E-state index contributed by atoms with van der Waals surface area (Å²) in [5.41, 5.74) is 0.811. The van der Waals surface area contributed by atoms with Crippen molar-refractivity contribution in [1.82, 2.24) is 29.0 Å². The van der Waals surface area contributed by atoms with Crippen LogP contribution in [0.3, 0.4) is 0 Å². The molecule has 16 nitrogen and oxygen atoms in total. The van der Waals surface area contributed by atoms with Gasteiger partial charge in [-0.3, -0.25) is 19.0 Å². The lowest BCUT2D eigenvalue weighted by Gasteiger charge is -2.24. The second-order valence-electron chi connectivity index (χ2n) is 16.2. The summed E-state index contributed by atoms with van der Waals surface area (Å²) in [5.74, 6) is -1.36. The zero-order valence-electron chi connectivity index (χ0n) is 35.1. The first-order valence-corrected chi connectivity index (χ1v) is 24.6. The summed E-state index contributed by atoms with van der Waals surface area (Å²) in [5, 5.41) is 33.7. The smallest absolute Gasteiger partial charge is 0.454 e. The quantitative estimate of drug-likeness (QED) is 0.0555. The summed E-state index contributed by atoms with van der Waals surface area (Å²) in [6, 6.07) is 4.18. The monoisotopic (exact) mass is 1040 g/mol. The lowest BCUT2D eigenvalue weighted by atomic mass is 9.84. The van der Waals surface area contributed by atoms with Gasteiger partial charge in [0.1, 0.15) is 13.1 Å². The molecule has 0 bridgehead atoms. The van der Waals surface area contributed by atoms with Crippen molar-refractivity contribution in [2.75, 3.05) is 6.61 Å². The minimum Gasteiger partial charge on any atom is -0.480 e. The lowest BCUT2D eigenvalue weighted by Crippen LogP contribution is -2.31. The second kappa shape index (κ2) is 20.5. The maximum Gasteiger partial charge on any atom is 0.454 e. The van der Waals surface area contributed by atoms with Crippen LogP contribution in [0.25, 0.3) is 0 Å². The number of sulfonamides is 2. The summed E-state index contributed by atoms with van der Waals surface area (Å²) < 4.78 is 143. The van der Waals surface area contributed by atoms with Gasteiger partial charge in [0.15, 0.2) is 0 Å². The number of halogens is 7. The van der Waals surface area contributed by atoms with E-state index in [9.17, 15) is 52.8 Å². The Morgan fingerprint density at radius 2 is 1.24 bits per heavy atom. The minimum absolute atomic E-state index is 0.00397. The van der Waals surface area contributed by atoms with Gasteiger partial charge in [-0.15, -0.1) is 0 Å². The van der Waals surface area contributed by atoms with Crippen molar-refractivity contribution in [2.45, 2.75) is 130 Å². The fourth-order valence-electron chi connectivity index (χ4n) is 7.59. The van der Waals surface area contributed by atoms with Crippen LogP contribution in [-0.2, 0) is 72.7 Å².